The number of ketones is 1. The quantitative estimate of drug-likeness (QED) is 0.260. The first-order valence-corrected chi connectivity index (χ1v) is 11.0. The van der Waals surface area contributed by atoms with Crippen LogP contribution >= 0.6 is 34.8 Å². The SMILES string of the molecule is CCOc1ccc2c(c1)c(C(=O)C(=O)Nc1ncccn1)c(Cl)n2Cc1ccc(Cl)cc1Cl. The number of benzene rings is 2. The Hall–Kier alpha value is -3.13. The minimum Gasteiger partial charge on any atom is -0.494 e. The number of hydrogen-bond donors (Lipinski definition) is 1. The maximum Gasteiger partial charge on any atom is 0.299 e. The van der Waals surface area contributed by atoms with E-state index in [1.807, 2.05) is 6.92 Å². The standard InChI is InChI=1S/C23H17Cl3N4O3/c1-2-33-15-6-7-18-16(11-15)19(20(31)22(32)29-23-27-8-3-9-28-23)21(26)30(18)12-13-4-5-14(24)10-17(13)25/h3-11H,2,12H2,1H3,(H,27,28,29,32). The van der Waals surface area contributed by atoms with Crippen LogP contribution in [0.15, 0.2) is 54.9 Å². The summed E-state index contributed by atoms with van der Waals surface area (Å²) in [5.74, 6) is -1.18. The molecule has 168 valence electrons. The molecule has 10 heteroatoms. The minimum atomic E-state index is -0.909. The van der Waals surface area contributed by atoms with E-state index in [9.17, 15) is 9.59 Å². The fraction of sp³-hybridized carbons (Fsp3) is 0.130. The summed E-state index contributed by atoms with van der Waals surface area (Å²) in [5, 5.41) is 3.93. The number of ether oxygens (including phenoxy) is 1. The van der Waals surface area contributed by atoms with Crippen LogP contribution in [0.4, 0.5) is 5.95 Å². The Morgan fingerprint density at radius 1 is 1.06 bits per heavy atom. The number of amides is 1. The van der Waals surface area contributed by atoms with Crippen molar-refractivity contribution in [3.05, 3.63) is 81.2 Å². The summed E-state index contributed by atoms with van der Waals surface area (Å²) < 4.78 is 7.29. The van der Waals surface area contributed by atoms with E-state index >= 15 is 0 Å². The normalized spacial score (nSPS) is 10.9. The maximum absolute atomic E-state index is 13.2. The molecule has 0 aliphatic carbocycles. The van der Waals surface area contributed by atoms with Crippen LogP contribution in [0.3, 0.4) is 0 Å². The predicted molar refractivity (Wildman–Crippen MR) is 129 cm³/mol. The first-order valence-electron chi connectivity index (χ1n) is 9.90. The van der Waals surface area contributed by atoms with Gasteiger partial charge in [0.15, 0.2) is 0 Å². The van der Waals surface area contributed by atoms with Crippen molar-refractivity contribution in [1.29, 1.82) is 0 Å². The molecule has 0 fully saturated rings. The molecule has 0 unspecified atom stereocenters. The predicted octanol–water partition coefficient (Wildman–Crippen LogP) is 5.66. The number of fused-ring (bicyclic) bond motifs is 1. The van der Waals surface area contributed by atoms with Gasteiger partial charge >= 0.3 is 0 Å². The van der Waals surface area contributed by atoms with Crippen molar-refractivity contribution >= 4 is 63.3 Å². The number of nitrogens with one attached hydrogen (secondary N) is 1. The molecule has 4 aromatic rings. The second-order valence-corrected chi connectivity index (χ2v) is 8.16. The molecule has 1 amide bonds. The minimum absolute atomic E-state index is 0.0127. The van der Waals surface area contributed by atoms with E-state index < -0.39 is 11.7 Å². The van der Waals surface area contributed by atoms with Crippen molar-refractivity contribution in [3.8, 4) is 5.75 Å². The largest absolute Gasteiger partial charge is 0.494 e. The summed E-state index contributed by atoms with van der Waals surface area (Å²) in [6, 6.07) is 12.0. The summed E-state index contributed by atoms with van der Waals surface area (Å²) in [7, 11) is 0. The Bertz CT molecular complexity index is 1360. The molecule has 1 N–H and O–H groups in total. The molecule has 2 heterocycles. The fourth-order valence-corrected chi connectivity index (χ4v) is 4.19. The zero-order valence-corrected chi connectivity index (χ0v) is 19.6. The van der Waals surface area contributed by atoms with Crippen LogP contribution in [0.2, 0.25) is 15.2 Å². The number of Topliss-reactive ketones (excluding diaryl/α,β-unsaturated/α-hetero) is 1. The highest BCUT2D eigenvalue weighted by Gasteiger charge is 2.27. The first-order chi connectivity index (χ1) is 15.9. The maximum atomic E-state index is 13.2. The average molecular weight is 504 g/mol. The molecule has 7 nitrogen and oxygen atoms in total. The van der Waals surface area contributed by atoms with Gasteiger partial charge in [-0.1, -0.05) is 40.9 Å². The Kier molecular flexibility index (Phi) is 6.83. The third-order valence-corrected chi connectivity index (χ3v) is 5.83. The topological polar surface area (TPSA) is 86.1 Å². The van der Waals surface area contributed by atoms with Gasteiger partial charge in [0, 0.05) is 27.8 Å². The summed E-state index contributed by atoms with van der Waals surface area (Å²) in [6.45, 7) is 2.55. The highest BCUT2D eigenvalue weighted by Crippen LogP contribution is 2.35. The molecule has 0 saturated heterocycles. The van der Waals surface area contributed by atoms with E-state index in [0.29, 0.717) is 33.3 Å². The summed E-state index contributed by atoms with van der Waals surface area (Å²) >= 11 is 19.0. The van der Waals surface area contributed by atoms with Crippen LogP contribution in [0.25, 0.3) is 10.9 Å². The lowest BCUT2D eigenvalue weighted by molar-refractivity contribution is -0.112. The van der Waals surface area contributed by atoms with Crippen LogP contribution in [-0.2, 0) is 11.3 Å². The van der Waals surface area contributed by atoms with E-state index in [2.05, 4.69) is 15.3 Å². The van der Waals surface area contributed by atoms with Crippen LogP contribution in [0.5, 0.6) is 5.75 Å². The molecule has 0 atom stereocenters. The van der Waals surface area contributed by atoms with Crippen LogP contribution in [-0.4, -0.2) is 32.8 Å². The third-order valence-electron chi connectivity index (χ3n) is 4.85. The molecular formula is C23H17Cl3N4O3. The van der Waals surface area contributed by atoms with Crippen molar-refractivity contribution in [1.82, 2.24) is 14.5 Å². The van der Waals surface area contributed by atoms with Crippen molar-refractivity contribution in [2.45, 2.75) is 13.5 Å². The average Bonchev–Trinajstić information content (AvgIpc) is 3.06. The van der Waals surface area contributed by atoms with Gasteiger partial charge in [-0.3, -0.25) is 14.9 Å². The Morgan fingerprint density at radius 2 is 1.82 bits per heavy atom. The van der Waals surface area contributed by atoms with Gasteiger partial charge in [-0.25, -0.2) is 9.97 Å². The lowest BCUT2D eigenvalue weighted by atomic mass is 10.1. The molecule has 0 bridgehead atoms. The van der Waals surface area contributed by atoms with Gasteiger partial charge in [0.25, 0.3) is 11.7 Å². The first kappa shape index (κ1) is 23.0. The van der Waals surface area contributed by atoms with Crippen molar-refractivity contribution in [2.75, 3.05) is 11.9 Å². The van der Waals surface area contributed by atoms with E-state index in [1.54, 1.807) is 47.0 Å². The summed E-state index contributed by atoms with van der Waals surface area (Å²) in [6.07, 6.45) is 2.91. The van der Waals surface area contributed by atoms with Gasteiger partial charge in [-0.15, -0.1) is 0 Å². The Balaban J connectivity index is 1.80. The third kappa shape index (κ3) is 4.80. The summed E-state index contributed by atoms with van der Waals surface area (Å²) in [4.78, 5) is 33.7. The lowest BCUT2D eigenvalue weighted by Crippen LogP contribution is -2.24. The lowest BCUT2D eigenvalue weighted by Gasteiger charge is -2.10. The van der Waals surface area contributed by atoms with Crippen molar-refractivity contribution < 1.29 is 14.3 Å². The monoisotopic (exact) mass is 502 g/mol. The highest BCUT2D eigenvalue weighted by atomic mass is 35.5. The number of carbonyl (C=O) groups excluding carboxylic acids is 2. The number of nitrogens with zero attached hydrogens (tertiary/aromatic N) is 3. The molecule has 4 rings (SSSR count). The number of hydrogen-bond acceptors (Lipinski definition) is 5. The zero-order chi connectivity index (χ0) is 23.5. The van der Waals surface area contributed by atoms with Crippen LogP contribution in [0, 0.1) is 0 Å². The molecule has 0 aliphatic heterocycles. The van der Waals surface area contributed by atoms with E-state index in [0.717, 1.165) is 5.56 Å². The van der Waals surface area contributed by atoms with Gasteiger partial charge in [0.05, 0.1) is 24.2 Å². The Morgan fingerprint density at radius 3 is 2.52 bits per heavy atom. The van der Waals surface area contributed by atoms with E-state index in [-0.39, 0.29) is 23.2 Å². The Labute approximate surface area is 204 Å². The molecule has 2 aromatic carbocycles. The summed E-state index contributed by atoms with van der Waals surface area (Å²) in [5.41, 5.74) is 1.43. The van der Waals surface area contributed by atoms with E-state index in [1.165, 1.54) is 12.4 Å². The van der Waals surface area contributed by atoms with Crippen molar-refractivity contribution in [3.63, 3.8) is 0 Å². The van der Waals surface area contributed by atoms with Gasteiger partial charge in [0.1, 0.15) is 10.9 Å². The molecule has 2 aromatic heterocycles. The second-order valence-electron chi connectivity index (χ2n) is 6.96. The molecular weight excluding hydrogens is 487 g/mol. The van der Waals surface area contributed by atoms with E-state index in [4.69, 9.17) is 39.5 Å². The van der Waals surface area contributed by atoms with Gasteiger partial charge < -0.3 is 9.30 Å². The number of rotatable bonds is 7. The van der Waals surface area contributed by atoms with Gasteiger partial charge in [-0.2, -0.15) is 0 Å². The van der Waals surface area contributed by atoms with Crippen LogP contribution in [0.1, 0.15) is 22.8 Å². The van der Waals surface area contributed by atoms with Crippen LogP contribution < -0.4 is 10.1 Å². The number of carbonyl (C=O) groups is 2. The number of aromatic nitrogens is 3. The van der Waals surface area contributed by atoms with Crippen molar-refractivity contribution in [2.24, 2.45) is 0 Å². The molecule has 0 aliphatic rings. The van der Waals surface area contributed by atoms with Gasteiger partial charge in [0.2, 0.25) is 5.95 Å². The number of anilines is 1. The molecule has 33 heavy (non-hydrogen) atoms. The number of halogens is 3. The fourth-order valence-electron chi connectivity index (χ4n) is 3.39. The zero-order valence-electron chi connectivity index (χ0n) is 17.3. The smallest absolute Gasteiger partial charge is 0.299 e. The van der Waals surface area contributed by atoms with Gasteiger partial charge in [-0.05, 0) is 48.9 Å². The second kappa shape index (κ2) is 9.79. The molecule has 0 saturated carbocycles. The highest BCUT2D eigenvalue weighted by molar-refractivity contribution is 6.51. The molecule has 0 radical (unpaired) electrons. The molecule has 0 spiro atoms.